The molecule has 0 radical (unpaired) electrons. The van der Waals surface area contributed by atoms with Crippen LogP contribution in [-0.4, -0.2) is 53.9 Å². The predicted molar refractivity (Wildman–Crippen MR) is 68.0 cm³/mol. The topological polar surface area (TPSA) is 61.9 Å². The normalized spacial score (nSPS) is 24.8. The highest BCUT2D eigenvalue weighted by molar-refractivity contribution is 6.05. The van der Waals surface area contributed by atoms with E-state index in [0.29, 0.717) is 11.8 Å². The Hall–Kier alpha value is -1.10. The van der Waals surface area contributed by atoms with Crippen LogP contribution in [0.2, 0.25) is 0 Å². The Labute approximate surface area is 103 Å². The van der Waals surface area contributed by atoms with Gasteiger partial charge in [0.2, 0.25) is 0 Å². The first-order chi connectivity index (χ1) is 7.95. The van der Waals surface area contributed by atoms with Gasteiger partial charge < -0.3 is 15.5 Å². The molecule has 0 atom stereocenters. The van der Waals surface area contributed by atoms with E-state index in [0.717, 1.165) is 32.5 Å². The molecule has 0 aliphatic carbocycles. The van der Waals surface area contributed by atoms with Crippen molar-refractivity contribution >= 4 is 11.9 Å². The van der Waals surface area contributed by atoms with Crippen molar-refractivity contribution in [1.29, 1.82) is 0 Å². The lowest BCUT2D eigenvalue weighted by Gasteiger charge is -2.43. The molecule has 5 nitrogen and oxygen atoms in total. The van der Waals surface area contributed by atoms with Gasteiger partial charge in [-0.25, -0.2) is 4.79 Å². The van der Waals surface area contributed by atoms with E-state index in [9.17, 15) is 4.79 Å². The fraction of sp³-hybridized carbons (Fsp3) is 0.833. The first kappa shape index (κ1) is 12.4. The number of amides is 2. The van der Waals surface area contributed by atoms with Crippen molar-refractivity contribution in [3.63, 3.8) is 0 Å². The summed E-state index contributed by atoms with van der Waals surface area (Å²) in [5.41, 5.74) is 5.64. The first-order valence-corrected chi connectivity index (χ1v) is 6.30. The average Bonchev–Trinajstić information content (AvgIpc) is 2.46. The third kappa shape index (κ3) is 2.04. The molecule has 17 heavy (non-hydrogen) atoms. The summed E-state index contributed by atoms with van der Waals surface area (Å²) in [5.74, 6) is 1.19. The van der Waals surface area contributed by atoms with E-state index >= 15 is 0 Å². The summed E-state index contributed by atoms with van der Waals surface area (Å²) < 4.78 is 0. The summed E-state index contributed by atoms with van der Waals surface area (Å²) >= 11 is 0. The molecule has 0 bridgehead atoms. The zero-order valence-electron chi connectivity index (χ0n) is 10.9. The van der Waals surface area contributed by atoms with Gasteiger partial charge in [0.1, 0.15) is 11.4 Å². The molecule has 0 saturated carbocycles. The van der Waals surface area contributed by atoms with Crippen molar-refractivity contribution < 1.29 is 4.79 Å². The van der Waals surface area contributed by atoms with Crippen LogP contribution >= 0.6 is 0 Å². The summed E-state index contributed by atoms with van der Waals surface area (Å²) in [5, 5.41) is 0. The standard InChI is InChI=1S/C12H22N4O/c1-9(2)8-16-6-4-12(5-7-16)10(13)14-11(17)15(12)3/h9H,4-8H2,1-3H3,(H2,13,14,17). The number of carbonyl (C=O) groups is 1. The molecule has 1 saturated heterocycles. The van der Waals surface area contributed by atoms with Crippen LogP contribution in [0.25, 0.3) is 0 Å². The second kappa shape index (κ2) is 4.29. The fourth-order valence-electron chi connectivity index (χ4n) is 2.85. The summed E-state index contributed by atoms with van der Waals surface area (Å²) in [4.78, 5) is 19.6. The van der Waals surface area contributed by atoms with Crippen molar-refractivity contribution in [3.05, 3.63) is 0 Å². The third-order valence-electron chi connectivity index (χ3n) is 3.93. The minimum Gasteiger partial charge on any atom is -0.385 e. The van der Waals surface area contributed by atoms with Crippen molar-refractivity contribution in [2.24, 2.45) is 16.6 Å². The summed E-state index contributed by atoms with van der Waals surface area (Å²) in [6, 6.07) is -0.195. The van der Waals surface area contributed by atoms with E-state index in [-0.39, 0.29) is 11.6 Å². The molecule has 0 aromatic carbocycles. The lowest BCUT2D eigenvalue weighted by Crippen LogP contribution is -2.58. The van der Waals surface area contributed by atoms with Gasteiger partial charge >= 0.3 is 6.03 Å². The number of aliphatic imine (C=N–C) groups is 1. The number of piperidine rings is 1. The van der Waals surface area contributed by atoms with Gasteiger partial charge in [-0.05, 0) is 18.8 Å². The number of nitrogens with two attached hydrogens (primary N) is 1. The van der Waals surface area contributed by atoms with Gasteiger partial charge in [-0.2, -0.15) is 4.99 Å². The van der Waals surface area contributed by atoms with E-state index in [1.54, 1.807) is 4.90 Å². The van der Waals surface area contributed by atoms with E-state index in [4.69, 9.17) is 5.73 Å². The fourth-order valence-corrected chi connectivity index (χ4v) is 2.85. The van der Waals surface area contributed by atoms with Crippen molar-refractivity contribution in [2.75, 3.05) is 26.7 Å². The molecule has 1 fully saturated rings. The number of carbonyl (C=O) groups excluding carboxylic acids is 1. The van der Waals surface area contributed by atoms with E-state index in [1.807, 2.05) is 7.05 Å². The van der Waals surface area contributed by atoms with Gasteiger partial charge in [-0.3, -0.25) is 0 Å². The Kier molecular flexibility index (Phi) is 3.12. The SMILES string of the molecule is CC(C)CN1CCC2(CC1)C(N)=NC(=O)N2C. The van der Waals surface area contributed by atoms with Crippen LogP contribution < -0.4 is 5.73 Å². The molecule has 1 spiro atoms. The first-order valence-electron chi connectivity index (χ1n) is 6.30. The summed E-state index contributed by atoms with van der Waals surface area (Å²) in [6.45, 7) is 7.56. The summed E-state index contributed by atoms with van der Waals surface area (Å²) in [7, 11) is 1.81. The van der Waals surface area contributed by atoms with Gasteiger partial charge in [0.15, 0.2) is 0 Å². The quantitative estimate of drug-likeness (QED) is 0.777. The lowest BCUT2D eigenvalue weighted by atomic mass is 9.85. The number of rotatable bonds is 2. The molecule has 2 N–H and O–H groups in total. The van der Waals surface area contributed by atoms with E-state index in [1.165, 1.54) is 0 Å². The lowest BCUT2D eigenvalue weighted by molar-refractivity contribution is 0.108. The molecular weight excluding hydrogens is 216 g/mol. The average molecular weight is 238 g/mol. The summed E-state index contributed by atoms with van der Waals surface area (Å²) in [6.07, 6.45) is 1.80. The number of hydrogen-bond donors (Lipinski definition) is 1. The largest absolute Gasteiger partial charge is 0.385 e. The Balaban J connectivity index is 2.03. The Morgan fingerprint density at radius 3 is 2.41 bits per heavy atom. The zero-order valence-corrected chi connectivity index (χ0v) is 10.9. The Morgan fingerprint density at radius 1 is 1.41 bits per heavy atom. The van der Waals surface area contributed by atoms with Gasteiger partial charge in [0, 0.05) is 26.7 Å². The van der Waals surface area contributed by atoms with Gasteiger partial charge in [-0.15, -0.1) is 0 Å². The van der Waals surface area contributed by atoms with Gasteiger partial charge in [0.25, 0.3) is 0 Å². The maximum atomic E-state index is 11.6. The van der Waals surface area contributed by atoms with Crippen LogP contribution in [0.15, 0.2) is 4.99 Å². The predicted octanol–water partition coefficient (Wildman–Crippen LogP) is 0.900. The second-order valence-electron chi connectivity index (χ2n) is 5.56. The van der Waals surface area contributed by atoms with Gasteiger partial charge in [0.05, 0.1) is 0 Å². The highest BCUT2D eigenvalue weighted by Crippen LogP contribution is 2.32. The number of hydrogen-bond acceptors (Lipinski definition) is 3. The van der Waals surface area contributed by atoms with Crippen LogP contribution in [0.5, 0.6) is 0 Å². The molecule has 96 valence electrons. The van der Waals surface area contributed by atoms with E-state index in [2.05, 4.69) is 23.7 Å². The highest BCUT2D eigenvalue weighted by atomic mass is 16.2. The molecule has 0 unspecified atom stereocenters. The second-order valence-corrected chi connectivity index (χ2v) is 5.56. The monoisotopic (exact) mass is 238 g/mol. The van der Waals surface area contributed by atoms with Crippen LogP contribution in [-0.2, 0) is 0 Å². The smallest absolute Gasteiger partial charge is 0.345 e. The maximum absolute atomic E-state index is 11.6. The molecule has 2 aliphatic heterocycles. The molecule has 5 heteroatoms. The molecule has 2 heterocycles. The molecule has 2 aliphatic rings. The van der Waals surface area contributed by atoms with Crippen molar-refractivity contribution in [3.8, 4) is 0 Å². The number of urea groups is 1. The van der Waals surface area contributed by atoms with Crippen LogP contribution in [0.3, 0.4) is 0 Å². The number of amidine groups is 1. The molecule has 2 rings (SSSR count). The minimum atomic E-state index is -0.301. The van der Waals surface area contributed by atoms with Crippen LogP contribution in [0.4, 0.5) is 4.79 Å². The molecule has 0 aromatic rings. The van der Waals surface area contributed by atoms with Gasteiger partial charge in [-0.1, -0.05) is 13.8 Å². The maximum Gasteiger partial charge on any atom is 0.345 e. The molecule has 2 amide bonds. The molecular formula is C12H22N4O. The number of nitrogens with zero attached hydrogens (tertiary/aromatic N) is 3. The third-order valence-corrected chi connectivity index (χ3v) is 3.93. The van der Waals surface area contributed by atoms with E-state index < -0.39 is 0 Å². The number of likely N-dealkylation sites (N-methyl/N-ethyl adjacent to an activating group) is 1. The van der Waals surface area contributed by atoms with Crippen LogP contribution in [0.1, 0.15) is 26.7 Å². The zero-order chi connectivity index (χ0) is 12.6. The van der Waals surface area contributed by atoms with Crippen molar-refractivity contribution in [1.82, 2.24) is 9.80 Å². The Morgan fingerprint density at radius 2 is 2.00 bits per heavy atom. The Bertz CT molecular complexity index is 342. The minimum absolute atomic E-state index is 0.195. The van der Waals surface area contributed by atoms with Crippen LogP contribution in [0, 0.1) is 5.92 Å². The van der Waals surface area contributed by atoms with Crippen molar-refractivity contribution in [2.45, 2.75) is 32.2 Å². The molecule has 0 aromatic heterocycles. The number of likely N-dealkylation sites (tertiary alicyclic amines) is 1. The highest BCUT2D eigenvalue weighted by Gasteiger charge is 2.47.